The molecule has 0 aromatic rings. The van der Waals surface area contributed by atoms with Crippen LogP contribution in [-0.4, -0.2) is 66.5 Å². The molecule has 12 heteroatoms. The first kappa shape index (κ1) is 79.2. The van der Waals surface area contributed by atoms with E-state index in [0.29, 0.717) is 19.3 Å². The van der Waals surface area contributed by atoms with Crippen molar-refractivity contribution in [3.63, 3.8) is 0 Å². The van der Waals surface area contributed by atoms with E-state index >= 15 is 0 Å². The number of allylic oxidation sites excluding steroid dienone is 10. The zero-order valence-corrected chi connectivity index (χ0v) is 54.1. The fraction of sp³-hybridized carbons (Fsp3) is 0.814. The predicted molar refractivity (Wildman–Crippen MR) is 344 cm³/mol. The maximum Gasteiger partial charge on any atom is 0.472 e. The van der Waals surface area contributed by atoms with E-state index in [1.54, 1.807) is 0 Å². The van der Waals surface area contributed by atoms with E-state index in [1.807, 2.05) is 0 Å². The molecule has 478 valence electrons. The van der Waals surface area contributed by atoms with Crippen molar-refractivity contribution in [2.24, 2.45) is 0 Å². The zero-order valence-electron chi connectivity index (χ0n) is 53.2. The standard InChI is InChI=1S/C70H127O11P/c1-4-7-10-13-16-19-22-25-28-31-33-36-38-41-44-47-50-53-56-59-68(72)77-63-67(81-70(74)61-58-55-52-49-46-43-40-37-34-32-29-26-23-20-17-14-11-8-5-2)65-79-82(75,76)78-64-66(62-71)80-69(73)60-57-54-51-48-45-42-39-35-30-27-24-21-18-15-12-9-6-3/h16,19,25-30,33,36,66-67,71H,4-15,17-18,20-24,31-32,34-35,37-65H2,1-3H3,(H,75,76)/b19-16-,28-25-,29-26-,30-27-,36-33-. The molecular formula is C70H127O11P. The second kappa shape index (κ2) is 64.2. The summed E-state index contributed by atoms with van der Waals surface area (Å²) >= 11 is 0. The topological polar surface area (TPSA) is 155 Å². The van der Waals surface area contributed by atoms with Gasteiger partial charge in [0.15, 0.2) is 6.10 Å². The summed E-state index contributed by atoms with van der Waals surface area (Å²) in [5.74, 6) is -1.47. The van der Waals surface area contributed by atoms with Gasteiger partial charge in [0.25, 0.3) is 0 Å². The van der Waals surface area contributed by atoms with Crippen molar-refractivity contribution in [1.82, 2.24) is 0 Å². The van der Waals surface area contributed by atoms with Gasteiger partial charge in [-0.3, -0.25) is 23.4 Å². The number of aliphatic hydroxyl groups excluding tert-OH is 1. The molecule has 0 aromatic heterocycles. The maximum atomic E-state index is 13.0. The Kier molecular flexibility index (Phi) is 62.0. The molecule has 0 aromatic carbocycles. The van der Waals surface area contributed by atoms with Gasteiger partial charge in [0.05, 0.1) is 19.8 Å². The second-order valence-corrected chi connectivity index (χ2v) is 24.4. The molecule has 0 heterocycles. The molecule has 3 atom stereocenters. The van der Waals surface area contributed by atoms with Crippen LogP contribution >= 0.6 is 7.82 Å². The lowest BCUT2D eigenvalue weighted by Gasteiger charge is -2.21. The Morgan fingerprint density at radius 2 is 0.598 bits per heavy atom. The Bertz CT molecular complexity index is 1610. The van der Waals surface area contributed by atoms with Crippen LogP contribution in [0, 0.1) is 0 Å². The number of unbranched alkanes of at least 4 members (excludes halogenated alkanes) is 37. The van der Waals surface area contributed by atoms with Gasteiger partial charge in [0.1, 0.15) is 12.7 Å². The van der Waals surface area contributed by atoms with Crippen LogP contribution in [0.15, 0.2) is 60.8 Å². The summed E-state index contributed by atoms with van der Waals surface area (Å²) in [5.41, 5.74) is 0. The summed E-state index contributed by atoms with van der Waals surface area (Å²) in [4.78, 5) is 48.9. The number of carbonyl (C=O) groups excluding carboxylic acids is 3. The quantitative estimate of drug-likeness (QED) is 0.0197. The minimum Gasteiger partial charge on any atom is -0.462 e. The summed E-state index contributed by atoms with van der Waals surface area (Å²) < 4.78 is 39.8. The molecule has 0 fully saturated rings. The Labute approximate surface area is 504 Å². The average Bonchev–Trinajstić information content (AvgIpc) is 3.47. The van der Waals surface area contributed by atoms with E-state index in [0.717, 1.165) is 96.3 Å². The van der Waals surface area contributed by atoms with Gasteiger partial charge in [-0.1, -0.05) is 261 Å². The Morgan fingerprint density at radius 1 is 0.341 bits per heavy atom. The molecule has 0 rings (SSSR count). The van der Waals surface area contributed by atoms with Crippen LogP contribution in [0.4, 0.5) is 0 Å². The first-order valence-electron chi connectivity index (χ1n) is 34.2. The van der Waals surface area contributed by atoms with Crippen molar-refractivity contribution >= 4 is 25.7 Å². The van der Waals surface area contributed by atoms with Crippen LogP contribution < -0.4 is 0 Å². The van der Waals surface area contributed by atoms with E-state index in [4.69, 9.17) is 23.3 Å². The zero-order chi connectivity index (χ0) is 59.8. The van der Waals surface area contributed by atoms with Crippen LogP contribution in [0.5, 0.6) is 0 Å². The summed E-state index contributed by atoms with van der Waals surface area (Å²) in [6.07, 6.45) is 73.0. The highest BCUT2D eigenvalue weighted by Crippen LogP contribution is 2.43. The Balaban J connectivity index is 4.70. The van der Waals surface area contributed by atoms with Crippen LogP contribution in [0.3, 0.4) is 0 Å². The Morgan fingerprint density at radius 3 is 0.951 bits per heavy atom. The van der Waals surface area contributed by atoms with E-state index in [2.05, 4.69) is 81.5 Å². The molecule has 2 N–H and O–H groups in total. The van der Waals surface area contributed by atoms with Gasteiger partial charge in [-0.05, 0) is 109 Å². The van der Waals surface area contributed by atoms with E-state index in [9.17, 15) is 28.9 Å². The smallest absolute Gasteiger partial charge is 0.462 e. The van der Waals surface area contributed by atoms with Gasteiger partial charge in [0, 0.05) is 19.3 Å². The number of rotatable bonds is 64. The molecule has 0 amide bonds. The van der Waals surface area contributed by atoms with Crippen molar-refractivity contribution in [2.45, 2.75) is 341 Å². The van der Waals surface area contributed by atoms with Gasteiger partial charge in [-0.2, -0.15) is 0 Å². The normalized spacial score (nSPS) is 13.6. The minimum atomic E-state index is -4.76. The van der Waals surface area contributed by atoms with E-state index < -0.39 is 57.8 Å². The molecule has 0 saturated carbocycles. The summed E-state index contributed by atoms with van der Waals surface area (Å²) in [5, 5.41) is 9.87. The molecule has 11 nitrogen and oxygen atoms in total. The number of phosphoric ester groups is 1. The van der Waals surface area contributed by atoms with Crippen molar-refractivity contribution in [1.29, 1.82) is 0 Å². The first-order chi connectivity index (χ1) is 40.2. The number of carbonyl (C=O) groups is 3. The first-order valence-corrected chi connectivity index (χ1v) is 35.7. The summed E-state index contributed by atoms with van der Waals surface area (Å²) in [6.45, 7) is 4.65. The highest BCUT2D eigenvalue weighted by Gasteiger charge is 2.28. The number of esters is 3. The lowest BCUT2D eigenvalue weighted by atomic mass is 10.1. The van der Waals surface area contributed by atoms with Gasteiger partial charge in [-0.15, -0.1) is 0 Å². The fourth-order valence-corrected chi connectivity index (χ4v) is 10.4. The third kappa shape index (κ3) is 61.7. The molecule has 3 unspecified atom stereocenters. The second-order valence-electron chi connectivity index (χ2n) is 23.0. The van der Waals surface area contributed by atoms with Crippen LogP contribution in [0.25, 0.3) is 0 Å². The maximum absolute atomic E-state index is 13.0. The number of ether oxygens (including phenoxy) is 3. The summed E-state index contributed by atoms with van der Waals surface area (Å²) in [6, 6.07) is 0. The molecular weight excluding hydrogens is 1050 g/mol. The molecule has 0 bridgehead atoms. The number of hydrogen-bond donors (Lipinski definition) is 2. The number of phosphoric acid groups is 1. The van der Waals surface area contributed by atoms with E-state index in [1.165, 1.54) is 173 Å². The fourth-order valence-electron chi connectivity index (χ4n) is 9.65. The predicted octanol–water partition coefficient (Wildman–Crippen LogP) is 21.0. The van der Waals surface area contributed by atoms with Crippen LogP contribution in [0.1, 0.15) is 329 Å². The number of aliphatic hydroxyl groups is 1. The van der Waals surface area contributed by atoms with Gasteiger partial charge >= 0.3 is 25.7 Å². The lowest BCUT2D eigenvalue weighted by molar-refractivity contribution is -0.161. The van der Waals surface area contributed by atoms with Crippen LogP contribution in [-0.2, 0) is 42.2 Å². The number of hydrogen-bond acceptors (Lipinski definition) is 10. The van der Waals surface area contributed by atoms with Gasteiger partial charge in [0.2, 0.25) is 0 Å². The summed E-state index contributed by atoms with van der Waals surface area (Å²) in [7, 11) is -4.76. The van der Waals surface area contributed by atoms with E-state index in [-0.39, 0.29) is 25.9 Å². The molecule has 0 spiro atoms. The Hall–Kier alpha value is -2.82. The molecule has 82 heavy (non-hydrogen) atoms. The van der Waals surface area contributed by atoms with Crippen molar-refractivity contribution in [2.75, 3.05) is 26.4 Å². The largest absolute Gasteiger partial charge is 0.472 e. The highest BCUT2D eigenvalue weighted by molar-refractivity contribution is 7.47. The molecule has 0 aliphatic rings. The molecule has 0 aliphatic heterocycles. The van der Waals surface area contributed by atoms with Crippen molar-refractivity contribution in [3.05, 3.63) is 60.8 Å². The van der Waals surface area contributed by atoms with Gasteiger partial charge in [-0.25, -0.2) is 4.57 Å². The van der Waals surface area contributed by atoms with Crippen LogP contribution in [0.2, 0.25) is 0 Å². The third-order valence-corrected chi connectivity index (χ3v) is 15.8. The molecule has 0 radical (unpaired) electrons. The monoisotopic (exact) mass is 1170 g/mol. The average molecular weight is 1180 g/mol. The van der Waals surface area contributed by atoms with Gasteiger partial charge < -0.3 is 24.2 Å². The molecule has 0 aliphatic carbocycles. The highest BCUT2D eigenvalue weighted by atomic mass is 31.2. The molecule has 0 saturated heterocycles. The minimum absolute atomic E-state index is 0.163. The van der Waals surface area contributed by atoms with Crippen molar-refractivity contribution in [3.8, 4) is 0 Å². The van der Waals surface area contributed by atoms with Crippen molar-refractivity contribution < 1.29 is 52.2 Å². The third-order valence-electron chi connectivity index (χ3n) is 14.9. The SMILES string of the molecule is CCCCC/C=C\C/C=C\C/C=C\CCCCCCCCC(=O)OCC(COP(=O)(O)OCC(CO)OC(=O)CCCCCCCCC/C=C\CCCCCCCC)OC(=O)CCCCCCCCCCC/C=C\CCCCCCCC. The lowest BCUT2D eigenvalue weighted by Crippen LogP contribution is -2.30.